The maximum absolute atomic E-state index is 9.23. The van der Waals surface area contributed by atoms with Gasteiger partial charge in [0, 0.05) is 17.0 Å². The van der Waals surface area contributed by atoms with Gasteiger partial charge < -0.3 is 10.0 Å². The molecule has 3 aromatic rings. The zero-order chi connectivity index (χ0) is 11.1. The number of aromatic nitrogens is 3. The monoisotopic (exact) mass is 213 g/mol. The number of H-pyrrole nitrogens is 1. The van der Waals surface area contributed by atoms with Crippen LogP contribution in [0.25, 0.3) is 21.8 Å². The van der Waals surface area contributed by atoms with Gasteiger partial charge in [-0.1, -0.05) is 6.07 Å². The van der Waals surface area contributed by atoms with Crippen molar-refractivity contribution in [3.05, 3.63) is 30.5 Å². The summed E-state index contributed by atoms with van der Waals surface area (Å²) in [5, 5.41) is 26.7. The Bertz CT molecular complexity index is 665. The highest BCUT2D eigenvalue weighted by molar-refractivity contribution is 6.61. The Labute approximate surface area is 90.9 Å². The molecule has 0 unspecified atom stereocenters. The average Bonchev–Trinajstić information content (AvgIpc) is 2.73. The number of pyridine rings is 1. The molecule has 3 N–H and O–H groups in total. The summed E-state index contributed by atoms with van der Waals surface area (Å²) < 4.78 is 0. The smallest absolute Gasteiger partial charge is 0.422 e. The minimum atomic E-state index is -1.56. The molecule has 0 atom stereocenters. The van der Waals surface area contributed by atoms with E-state index in [4.69, 9.17) is 0 Å². The van der Waals surface area contributed by atoms with Crippen LogP contribution in [0.2, 0.25) is 0 Å². The van der Waals surface area contributed by atoms with Gasteiger partial charge in [0.05, 0.1) is 16.6 Å². The molecule has 0 aliphatic carbocycles. The third-order valence-corrected chi connectivity index (χ3v) is 2.59. The van der Waals surface area contributed by atoms with Gasteiger partial charge in [-0.05, 0) is 18.2 Å². The first-order valence-corrected chi connectivity index (χ1v) is 4.85. The van der Waals surface area contributed by atoms with Crippen LogP contribution >= 0.6 is 0 Å². The maximum atomic E-state index is 9.23. The van der Waals surface area contributed by atoms with Crippen molar-refractivity contribution in [3.8, 4) is 0 Å². The quantitative estimate of drug-likeness (QED) is 0.488. The van der Waals surface area contributed by atoms with E-state index < -0.39 is 7.12 Å². The van der Waals surface area contributed by atoms with Gasteiger partial charge in [0.25, 0.3) is 0 Å². The van der Waals surface area contributed by atoms with Crippen LogP contribution in [0.15, 0.2) is 30.5 Å². The zero-order valence-corrected chi connectivity index (χ0v) is 8.25. The lowest BCUT2D eigenvalue weighted by molar-refractivity contribution is 0.424. The molecular formula is C10H8BN3O2. The van der Waals surface area contributed by atoms with E-state index in [9.17, 15) is 10.0 Å². The van der Waals surface area contributed by atoms with E-state index in [1.807, 2.05) is 18.2 Å². The molecule has 6 heteroatoms. The molecule has 0 bridgehead atoms. The second-order valence-electron chi connectivity index (χ2n) is 3.54. The van der Waals surface area contributed by atoms with Gasteiger partial charge in [-0.3, -0.25) is 10.1 Å². The molecule has 0 aliphatic heterocycles. The molecule has 0 fully saturated rings. The predicted molar refractivity (Wildman–Crippen MR) is 61.2 cm³/mol. The zero-order valence-electron chi connectivity index (χ0n) is 8.25. The summed E-state index contributed by atoms with van der Waals surface area (Å²) in [4.78, 5) is 4.21. The van der Waals surface area contributed by atoms with Crippen molar-refractivity contribution in [2.75, 3.05) is 0 Å². The summed E-state index contributed by atoms with van der Waals surface area (Å²) in [6, 6.07) is 7.34. The number of benzene rings is 1. The summed E-state index contributed by atoms with van der Waals surface area (Å²) in [5.41, 5.74) is 1.80. The second-order valence-corrected chi connectivity index (χ2v) is 3.54. The van der Waals surface area contributed by atoms with Crippen LogP contribution in [0.4, 0.5) is 0 Å². The highest BCUT2D eigenvalue weighted by Crippen LogP contribution is 2.20. The Morgan fingerprint density at radius 2 is 1.94 bits per heavy atom. The number of hydrogen-bond acceptors (Lipinski definition) is 4. The van der Waals surface area contributed by atoms with Gasteiger partial charge >= 0.3 is 7.12 Å². The Morgan fingerprint density at radius 3 is 2.75 bits per heavy atom. The van der Waals surface area contributed by atoms with Crippen LogP contribution in [0.5, 0.6) is 0 Å². The third kappa shape index (κ3) is 1.21. The summed E-state index contributed by atoms with van der Waals surface area (Å²) in [5.74, 6) is 0. The van der Waals surface area contributed by atoms with Crippen LogP contribution in [0, 0.1) is 0 Å². The van der Waals surface area contributed by atoms with E-state index in [-0.39, 0.29) is 0 Å². The molecule has 2 heterocycles. The van der Waals surface area contributed by atoms with Gasteiger partial charge in [0.2, 0.25) is 0 Å². The summed E-state index contributed by atoms with van der Waals surface area (Å²) in [6.45, 7) is 0. The molecule has 0 amide bonds. The van der Waals surface area contributed by atoms with Crippen molar-refractivity contribution < 1.29 is 10.0 Å². The lowest BCUT2D eigenvalue weighted by Gasteiger charge is -2.00. The van der Waals surface area contributed by atoms with Crippen LogP contribution in [-0.2, 0) is 0 Å². The second kappa shape index (κ2) is 3.29. The molecule has 2 aromatic heterocycles. The fraction of sp³-hybridized carbons (Fsp3) is 0. The number of fused-ring (bicyclic) bond motifs is 3. The average molecular weight is 213 g/mol. The molecule has 1 aromatic carbocycles. The Morgan fingerprint density at radius 1 is 1.12 bits per heavy atom. The molecule has 0 saturated heterocycles. The van der Waals surface area contributed by atoms with Gasteiger partial charge in [-0.15, -0.1) is 0 Å². The molecule has 78 valence electrons. The van der Waals surface area contributed by atoms with Gasteiger partial charge in [0.1, 0.15) is 0 Å². The Kier molecular flexibility index (Phi) is 1.92. The highest BCUT2D eigenvalue weighted by atomic mass is 16.4. The van der Waals surface area contributed by atoms with Crippen LogP contribution in [0.3, 0.4) is 0 Å². The Balaban J connectivity index is 2.52. The molecule has 3 rings (SSSR count). The van der Waals surface area contributed by atoms with Gasteiger partial charge in [0.15, 0.2) is 0 Å². The van der Waals surface area contributed by atoms with Gasteiger partial charge in [-0.25, -0.2) is 0 Å². The van der Waals surface area contributed by atoms with E-state index in [0.29, 0.717) is 16.5 Å². The highest BCUT2D eigenvalue weighted by Gasteiger charge is 2.19. The normalized spacial score (nSPS) is 11.1. The number of hydrogen-bond donors (Lipinski definition) is 3. The summed E-state index contributed by atoms with van der Waals surface area (Å²) in [7, 11) is -1.56. The number of aromatic amines is 1. The van der Waals surface area contributed by atoms with Crippen molar-refractivity contribution in [2.45, 2.75) is 0 Å². The van der Waals surface area contributed by atoms with E-state index >= 15 is 0 Å². The minimum absolute atomic E-state index is 0.300. The molecule has 0 saturated carbocycles. The summed E-state index contributed by atoms with van der Waals surface area (Å²) in [6.07, 6.45) is 1.70. The lowest BCUT2D eigenvalue weighted by atomic mass is 9.83. The predicted octanol–water partition coefficient (Wildman–Crippen LogP) is -0.209. The SMILES string of the molecule is OB(O)c1[nH]nc2ccc3ncccc3c12. The molecular weight excluding hydrogens is 205 g/mol. The van der Waals surface area contributed by atoms with Crippen molar-refractivity contribution in [1.29, 1.82) is 0 Å². The first kappa shape index (κ1) is 9.32. The molecule has 0 aliphatic rings. The molecule has 16 heavy (non-hydrogen) atoms. The largest absolute Gasteiger partial charge is 0.508 e. The van der Waals surface area contributed by atoms with Crippen LogP contribution in [0.1, 0.15) is 0 Å². The Hall–Kier alpha value is -1.92. The number of rotatable bonds is 1. The lowest BCUT2D eigenvalue weighted by Crippen LogP contribution is -2.31. The number of nitrogens with one attached hydrogen (secondary N) is 1. The first-order valence-electron chi connectivity index (χ1n) is 4.85. The van der Waals surface area contributed by atoms with Crippen LogP contribution in [-0.4, -0.2) is 32.3 Å². The van der Waals surface area contributed by atoms with E-state index in [2.05, 4.69) is 15.2 Å². The first-order chi connectivity index (χ1) is 7.77. The third-order valence-electron chi connectivity index (χ3n) is 2.59. The fourth-order valence-corrected chi connectivity index (χ4v) is 1.88. The molecule has 5 nitrogen and oxygen atoms in total. The minimum Gasteiger partial charge on any atom is -0.422 e. The van der Waals surface area contributed by atoms with Crippen LogP contribution < -0.4 is 5.59 Å². The summed E-state index contributed by atoms with van der Waals surface area (Å²) >= 11 is 0. The molecule has 0 spiro atoms. The topological polar surface area (TPSA) is 82.0 Å². The number of nitrogens with zero attached hydrogens (tertiary/aromatic N) is 2. The maximum Gasteiger partial charge on any atom is 0.508 e. The van der Waals surface area contributed by atoms with Gasteiger partial charge in [-0.2, -0.15) is 5.10 Å². The van der Waals surface area contributed by atoms with E-state index in [1.54, 1.807) is 12.3 Å². The van der Waals surface area contributed by atoms with Crippen molar-refractivity contribution in [2.24, 2.45) is 0 Å². The van der Waals surface area contributed by atoms with E-state index in [1.165, 1.54) is 0 Å². The van der Waals surface area contributed by atoms with Crippen molar-refractivity contribution in [3.63, 3.8) is 0 Å². The fourth-order valence-electron chi connectivity index (χ4n) is 1.88. The molecule has 0 radical (unpaired) electrons. The van der Waals surface area contributed by atoms with Crippen molar-refractivity contribution >= 4 is 34.5 Å². The van der Waals surface area contributed by atoms with E-state index in [0.717, 1.165) is 10.9 Å². The van der Waals surface area contributed by atoms with Crippen molar-refractivity contribution in [1.82, 2.24) is 15.2 Å². The standard InChI is InChI=1S/C10H8BN3O2/c15-11(16)10-9-6-2-1-5-12-7(6)3-4-8(9)13-14-10/h1-5,15-16H,(H,13,14).